The maximum absolute atomic E-state index is 12.6. The number of carbonyl (C=O) groups excluding carboxylic acids is 1. The fourth-order valence-corrected chi connectivity index (χ4v) is 5.12. The van der Waals surface area contributed by atoms with Crippen LogP contribution in [-0.4, -0.2) is 61.2 Å². The highest BCUT2D eigenvalue weighted by atomic mass is 35.5. The molecule has 11 heteroatoms. The van der Waals surface area contributed by atoms with E-state index >= 15 is 0 Å². The third-order valence-corrected chi connectivity index (χ3v) is 6.94. The van der Waals surface area contributed by atoms with E-state index in [0.29, 0.717) is 23.8 Å². The Labute approximate surface area is 178 Å². The molecule has 2 aromatic rings. The molecule has 1 aliphatic heterocycles. The van der Waals surface area contributed by atoms with E-state index < -0.39 is 10.0 Å². The van der Waals surface area contributed by atoms with Crippen molar-refractivity contribution in [2.24, 2.45) is 0 Å². The molecular weight excluding hydrogens is 447 g/mol. The summed E-state index contributed by atoms with van der Waals surface area (Å²) in [6.07, 6.45) is 2.85. The number of aromatic nitrogens is 1. The van der Waals surface area contributed by atoms with Gasteiger partial charge in [0.2, 0.25) is 15.9 Å². The highest BCUT2D eigenvalue weighted by molar-refractivity contribution is 7.89. The molecule has 0 bridgehead atoms. The Morgan fingerprint density at radius 2 is 1.75 bits per heavy atom. The first-order valence-corrected chi connectivity index (χ1v) is 10.9. The van der Waals surface area contributed by atoms with Gasteiger partial charge in [-0.1, -0.05) is 34.8 Å². The number of benzene rings is 1. The summed E-state index contributed by atoms with van der Waals surface area (Å²) in [5.41, 5.74) is 0.301. The van der Waals surface area contributed by atoms with Crippen LogP contribution in [0.1, 0.15) is 0 Å². The van der Waals surface area contributed by atoms with Crippen LogP contribution in [-0.2, 0) is 14.8 Å². The number of carbonyl (C=O) groups is 1. The minimum atomic E-state index is -3.58. The van der Waals surface area contributed by atoms with Crippen LogP contribution in [0.15, 0.2) is 41.6 Å². The zero-order chi connectivity index (χ0) is 20.3. The van der Waals surface area contributed by atoms with Gasteiger partial charge in [0.05, 0.1) is 22.3 Å². The van der Waals surface area contributed by atoms with Gasteiger partial charge < -0.3 is 5.32 Å². The highest BCUT2D eigenvalue weighted by Gasteiger charge is 2.29. The van der Waals surface area contributed by atoms with E-state index in [1.165, 1.54) is 34.9 Å². The fourth-order valence-electron chi connectivity index (χ4n) is 2.82. The Morgan fingerprint density at radius 3 is 2.32 bits per heavy atom. The van der Waals surface area contributed by atoms with Gasteiger partial charge in [-0.2, -0.15) is 4.31 Å². The van der Waals surface area contributed by atoms with E-state index in [4.69, 9.17) is 34.8 Å². The number of rotatable bonds is 5. The second-order valence-corrected chi connectivity index (χ2v) is 9.35. The van der Waals surface area contributed by atoms with E-state index in [9.17, 15) is 13.2 Å². The molecule has 28 heavy (non-hydrogen) atoms. The van der Waals surface area contributed by atoms with Gasteiger partial charge in [0.15, 0.2) is 0 Å². The van der Waals surface area contributed by atoms with Gasteiger partial charge >= 0.3 is 0 Å². The van der Waals surface area contributed by atoms with Crippen molar-refractivity contribution in [2.75, 3.05) is 38.0 Å². The maximum atomic E-state index is 12.6. The van der Waals surface area contributed by atoms with Gasteiger partial charge in [-0.05, 0) is 24.3 Å². The second-order valence-electron chi connectivity index (χ2n) is 6.16. The number of hydrogen-bond acceptors (Lipinski definition) is 5. The molecule has 1 fully saturated rings. The normalized spacial score (nSPS) is 16.1. The summed E-state index contributed by atoms with van der Waals surface area (Å²) < 4.78 is 26.6. The van der Waals surface area contributed by atoms with Gasteiger partial charge in [0.1, 0.15) is 4.90 Å². The van der Waals surface area contributed by atoms with Crippen LogP contribution in [0.25, 0.3) is 0 Å². The van der Waals surface area contributed by atoms with Gasteiger partial charge in [0.25, 0.3) is 0 Å². The van der Waals surface area contributed by atoms with Crippen LogP contribution in [0.4, 0.5) is 5.69 Å². The highest BCUT2D eigenvalue weighted by Crippen LogP contribution is 2.33. The average molecular weight is 464 g/mol. The third kappa shape index (κ3) is 4.94. The van der Waals surface area contributed by atoms with E-state index in [1.54, 1.807) is 6.07 Å². The summed E-state index contributed by atoms with van der Waals surface area (Å²) in [6.45, 7) is 1.51. The molecule has 0 atom stereocenters. The molecule has 1 aromatic carbocycles. The SMILES string of the molecule is O=C(CN1CCN(S(=O)(=O)c2cccnc2)CC1)Nc1c(Cl)cc(Cl)cc1Cl. The minimum absolute atomic E-state index is 0.0933. The second kappa shape index (κ2) is 8.94. The van der Waals surface area contributed by atoms with Crippen LogP contribution in [0.2, 0.25) is 15.1 Å². The van der Waals surface area contributed by atoms with Crippen LogP contribution in [0.5, 0.6) is 0 Å². The summed E-state index contributed by atoms with van der Waals surface area (Å²) in [5.74, 6) is -0.297. The monoisotopic (exact) mass is 462 g/mol. The molecule has 2 heterocycles. The molecule has 0 radical (unpaired) electrons. The Bertz CT molecular complexity index is 942. The molecule has 0 saturated carbocycles. The molecule has 1 N–H and O–H groups in total. The Morgan fingerprint density at radius 1 is 1.11 bits per heavy atom. The Kier molecular flexibility index (Phi) is 6.80. The summed E-state index contributed by atoms with van der Waals surface area (Å²) in [5, 5.41) is 3.55. The van der Waals surface area contributed by atoms with Crippen molar-refractivity contribution in [1.29, 1.82) is 0 Å². The molecule has 7 nitrogen and oxygen atoms in total. The smallest absolute Gasteiger partial charge is 0.244 e. The molecule has 1 aromatic heterocycles. The van der Waals surface area contributed by atoms with Crippen molar-refractivity contribution in [1.82, 2.24) is 14.2 Å². The van der Waals surface area contributed by atoms with Crippen LogP contribution in [0.3, 0.4) is 0 Å². The lowest BCUT2D eigenvalue weighted by Gasteiger charge is -2.33. The summed E-state index contributed by atoms with van der Waals surface area (Å²) in [7, 11) is -3.58. The summed E-state index contributed by atoms with van der Waals surface area (Å²) in [4.78, 5) is 18.2. The van der Waals surface area contributed by atoms with Gasteiger partial charge in [-0.25, -0.2) is 8.42 Å². The predicted octanol–water partition coefficient (Wildman–Crippen LogP) is 2.99. The number of nitrogens with one attached hydrogen (secondary N) is 1. The maximum Gasteiger partial charge on any atom is 0.244 e. The molecule has 1 saturated heterocycles. The van der Waals surface area contributed by atoms with Crippen LogP contribution in [0, 0.1) is 0 Å². The van der Waals surface area contributed by atoms with Gasteiger partial charge in [-0.15, -0.1) is 0 Å². The minimum Gasteiger partial charge on any atom is -0.322 e. The van der Waals surface area contributed by atoms with Gasteiger partial charge in [0, 0.05) is 43.6 Å². The number of hydrogen-bond donors (Lipinski definition) is 1. The summed E-state index contributed by atoms with van der Waals surface area (Å²) in [6, 6.07) is 6.08. The number of amides is 1. The number of sulfonamides is 1. The summed E-state index contributed by atoms with van der Waals surface area (Å²) >= 11 is 18.0. The molecule has 1 amide bonds. The van der Waals surface area contributed by atoms with Crippen LogP contribution < -0.4 is 5.32 Å². The van der Waals surface area contributed by atoms with Crippen molar-refractivity contribution in [2.45, 2.75) is 4.90 Å². The van der Waals surface area contributed by atoms with E-state index in [1.807, 2.05) is 4.90 Å². The Hall–Kier alpha value is -1.42. The lowest BCUT2D eigenvalue weighted by Crippen LogP contribution is -2.50. The third-order valence-electron chi connectivity index (χ3n) is 4.24. The number of nitrogens with zero attached hydrogens (tertiary/aromatic N) is 3. The zero-order valence-corrected chi connectivity index (χ0v) is 17.7. The van der Waals surface area contributed by atoms with Crippen molar-refractivity contribution >= 4 is 56.4 Å². The van der Waals surface area contributed by atoms with E-state index in [0.717, 1.165) is 0 Å². The standard InChI is InChI=1S/C17H17Cl3N4O3S/c18-12-8-14(19)17(15(20)9-12)22-16(25)11-23-4-6-24(7-5-23)28(26,27)13-2-1-3-21-10-13/h1-3,8-10H,4-7,11H2,(H,22,25). The van der Waals surface area contributed by atoms with Crippen molar-refractivity contribution in [3.63, 3.8) is 0 Å². The first-order chi connectivity index (χ1) is 13.3. The first kappa shape index (κ1) is 21.3. The topological polar surface area (TPSA) is 82.6 Å². The van der Waals surface area contributed by atoms with Crippen molar-refractivity contribution in [3.8, 4) is 0 Å². The number of pyridine rings is 1. The number of piperazine rings is 1. The molecule has 0 aliphatic carbocycles. The average Bonchev–Trinajstić information content (AvgIpc) is 2.66. The van der Waals surface area contributed by atoms with Crippen molar-refractivity contribution < 1.29 is 13.2 Å². The number of halogens is 3. The van der Waals surface area contributed by atoms with E-state index in [-0.39, 0.29) is 40.5 Å². The first-order valence-electron chi connectivity index (χ1n) is 8.34. The number of anilines is 1. The molecule has 3 rings (SSSR count). The predicted molar refractivity (Wildman–Crippen MR) is 110 cm³/mol. The lowest BCUT2D eigenvalue weighted by atomic mass is 10.3. The quantitative estimate of drug-likeness (QED) is 0.737. The van der Waals surface area contributed by atoms with Crippen molar-refractivity contribution in [3.05, 3.63) is 51.7 Å². The fraction of sp³-hybridized carbons (Fsp3) is 0.294. The molecule has 0 spiro atoms. The van der Waals surface area contributed by atoms with Crippen LogP contribution >= 0.6 is 34.8 Å². The molecular formula is C17H17Cl3N4O3S. The van der Waals surface area contributed by atoms with Gasteiger partial charge in [-0.3, -0.25) is 14.7 Å². The molecule has 0 unspecified atom stereocenters. The lowest BCUT2D eigenvalue weighted by molar-refractivity contribution is -0.117. The zero-order valence-electron chi connectivity index (χ0n) is 14.6. The molecule has 150 valence electrons. The Balaban J connectivity index is 1.57. The largest absolute Gasteiger partial charge is 0.322 e. The molecule has 1 aliphatic rings. The van der Waals surface area contributed by atoms with E-state index in [2.05, 4.69) is 10.3 Å².